The van der Waals surface area contributed by atoms with E-state index in [9.17, 15) is 4.79 Å². The molecule has 1 fully saturated rings. The summed E-state index contributed by atoms with van der Waals surface area (Å²) in [4.78, 5) is 22.2. The molecule has 0 amide bonds. The molecule has 2 aromatic heterocycles. The number of rotatable bonds is 4. The average molecular weight is 303 g/mol. The lowest BCUT2D eigenvalue weighted by Crippen LogP contribution is -2.35. The maximum atomic E-state index is 10.9. The number of carboxylic acids is 1. The molecule has 3 heterocycles. The van der Waals surface area contributed by atoms with Gasteiger partial charge in [0, 0.05) is 11.6 Å². The molecular formula is C15H17N3O2S. The second kappa shape index (κ2) is 6.32. The fraction of sp³-hybridized carbons (Fsp3) is 0.400. The predicted molar refractivity (Wildman–Crippen MR) is 81.0 cm³/mol. The molecule has 6 heteroatoms. The molecule has 0 bridgehead atoms. The zero-order chi connectivity index (χ0) is 14.7. The molecule has 3 rings (SSSR count). The molecule has 1 aliphatic rings. The van der Waals surface area contributed by atoms with Gasteiger partial charge in [-0.3, -0.25) is 14.7 Å². The van der Waals surface area contributed by atoms with Crippen molar-refractivity contribution in [2.24, 2.45) is 5.92 Å². The van der Waals surface area contributed by atoms with Crippen LogP contribution in [0.4, 0.5) is 0 Å². The minimum Gasteiger partial charge on any atom is -0.481 e. The van der Waals surface area contributed by atoms with E-state index < -0.39 is 5.97 Å². The Morgan fingerprint density at radius 3 is 2.81 bits per heavy atom. The van der Waals surface area contributed by atoms with E-state index in [2.05, 4.69) is 14.9 Å². The molecule has 110 valence electrons. The molecular weight excluding hydrogens is 286 g/mol. The van der Waals surface area contributed by atoms with Gasteiger partial charge >= 0.3 is 5.97 Å². The normalized spacial score (nSPS) is 17.0. The summed E-state index contributed by atoms with van der Waals surface area (Å²) < 4.78 is 0. The molecule has 0 aliphatic carbocycles. The van der Waals surface area contributed by atoms with Gasteiger partial charge in [-0.25, -0.2) is 4.98 Å². The van der Waals surface area contributed by atoms with Gasteiger partial charge in [-0.1, -0.05) is 6.07 Å². The summed E-state index contributed by atoms with van der Waals surface area (Å²) in [7, 11) is 0. The lowest BCUT2D eigenvalue weighted by molar-refractivity contribution is -0.143. The van der Waals surface area contributed by atoms with Gasteiger partial charge in [0.25, 0.3) is 0 Å². The highest BCUT2D eigenvalue weighted by Gasteiger charge is 2.24. The monoisotopic (exact) mass is 303 g/mol. The fourth-order valence-electron chi connectivity index (χ4n) is 2.54. The Labute approximate surface area is 127 Å². The Hall–Kier alpha value is -1.79. The molecule has 0 saturated carbocycles. The summed E-state index contributed by atoms with van der Waals surface area (Å²) in [6.07, 6.45) is 3.23. The predicted octanol–water partition coefficient (Wildman–Crippen LogP) is 2.50. The number of likely N-dealkylation sites (tertiary alicyclic amines) is 1. The van der Waals surface area contributed by atoms with Crippen molar-refractivity contribution in [2.75, 3.05) is 13.1 Å². The van der Waals surface area contributed by atoms with E-state index in [1.807, 2.05) is 23.6 Å². The molecule has 1 saturated heterocycles. The first kappa shape index (κ1) is 14.2. The third-order valence-corrected chi connectivity index (χ3v) is 4.61. The molecule has 0 radical (unpaired) electrons. The van der Waals surface area contributed by atoms with Gasteiger partial charge in [0.05, 0.1) is 23.9 Å². The summed E-state index contributed by atoms with van der Waals surface area (Å²) in [5.74, 6) is -0.844. The number of piperidine rings is 1. The summed E-state index contributed by atoms with van der Waals surface area (Å²) in [5.41, 5.74) is 1.81. The van der Waals surface area contributed by atoms with Crippen molar-refractivity contribution in [3.8, 4) is 11.4 Å². The van der Waals surface area contributed by atoms with Crippen molar-refractivity contribution in [2.45, 2.75) is 19.4 Å². The van der Waals surface area contributed by atoms with Crippen molar-refractivity contribution in [3.05, 3.63) is 34.8 Å². The van der Waals surface area contributed by atoms with Crippen LogP contribution in [0.2, 0.25) is 0 Å². The lowest BCUT2D eigenvalue weighted by atomic mass is 9.97. The molecule has 0 spiro atoms. The van der Waals surface area contributed by atoms with E-state index >= 15 is 0 Å². The second-order valence-corrected chi connectivity index (χ2v) is 6.17. The Kier molecular flexibility index (Phi) is 4.26. The first-order valence-electron chi connectivity index (χ1n) is 7.03. The zero-order valence-corrected chi connectivity index (χ0v) is 12.4. The Morgan fingerprint density at radius 2 is 2.14 bits per heavy atom. The van der Waals surface area contributed by atoms with Crippen LogP contribution in [0.25, 0.3) is 11.4 Å². The van der Waals surface area contributed by atoms with Crippen molar-refractivity contribution in [1.82, 2.24) is 14.9 Å². The lowest BCUT2D eigenvalue weighted by Gasteiger charge is -2.29. The first-order valence-corrected chi connectivity index (χ1v) is 7.91. The fourth-order valence-corrected chi connectivity index (χ4v) is 3.37. The Bertz CT molecular complexity index is 606. The van der Waals surface area contributed by atoms with Gasteiger partial charge in [0.2, 0.25) is 0 Å². The van der Waals surface area contributed by atoms with Crippen LogP contribution < -0.4 is 0 Å². The van der Waals surface area contributed by atoms with E-state index in [-0.39, 0.29) is 5.92 Å². The summed E-state index contributed by atoms with van der Waals surface area (Å²) >= 11 is 1.64. The number of hydrogen-bond acceptors (Lipinski definition) is 5. The molecule has 5 nitrogen and oxygen atoms in total. The van der Waals surface area contributed by atoms with Crippen LogP contribution in [0.5, 0.6) is 0 Å². The molecule has 1 aliphatic heterocycles. The topological polar surface area (TPSA) is 66.3 Å². The number of nitrogens with zero attached hydrogens (tertiary/aromatic N) is 3. The van der Waals surface area contributed by atoms with Gasteiger partial charge in [-0.05, 0) is 38.1 Å². The van der Waals surface area contributed by atoms with Gasteiger partial charge < -0.3 is 5.11 Å². The second-order valence-electron chi connectivity index (χ2n) is 5.23. The highest BCUT2D eigenvalue weighted by atomic mass is 32.1. The van der Waals surface area contributed by atoms with Crippen LogP contribution in [0.1, 0.15) is 17.8 Å². The number of aromatic nitrogens is 2. The minimum atomic E-state index is -0.665. The van der Waals surface area contributed by atoms with E-state index in [0.717, 1.165) is 48.9 Å². The van der Waals surface area contributed by atoms with Gasteiger partial charge in [-0.15, -0.1) is 11.3 Å². The largest absolute Gasteiger partial charge is 0.481 e. The molecule has 0 aromatic carbocycles. The number of aliphatic carboxylic acids is 1. The van der Waals surface area contributed by atoms with Crippen LogP contribution in [-0.2, 0) is 11.3 Å². The van der Waals surface area contributed by atoms with Crippen molar-refractivity contribution >= 4 is 17.3 Å². The smallest absolute Gasteiger partial charge is 0.306 e. The average Bonchev–Trinajstić information content (AvgIpc) is 2.97. The molecule has 1 N–H and O–H groups in total. The number of pyridine rings is 1. The minimum absolute atomic E-state index is 0.179. The Morgan fingerprint density at radius 1 is 1.33 bits per heavy atom. The molecule has 2 aromatic rings. The summed E-state index contributed by atoms with van der Waals surface area (Å²) in [5, 5.41) is 12.1. The van der Waals surface area contributed by atoms with Crippen LogP contribution in [0, 0.1) is 5.92 Å². The summed E-state index contributed by atoms with van der Waals surface area (Å²) in [6.45, 7) is 2.45. The standard InChI is InChI=1S/C15H17N3O2S/c19-15(20)11-4-7-18(8-5-11)9-14-17-13(10-21-14)12-3-1-2-6-16-12/h1-3,6,10-11H,4-5,7-9H2,(H,19,20). The van der Waals surface area contributed by atoms with E-state index in [1.165, 1.54) is 0 Å². The molecule has 0 atom stereocenters. The first-order chi connectivity index (χ1) is 10.2. The van der Waals surface area contributed by atoms with Crippen LogP contribution in [-0.4, -0.2) is 39.0 Å². The third-order valence-electron chi connectivity index (χ3n) is 3.77. The zero-order valence-electron chi connectivity index (χ0n) is 11.6. The van der Waals surface area contributed by atoms with E-state index in [4.69, 9.17) is 5.11 Å². The molecule has 0 unspecified atom stereocenters. The van der Waals surface area contributed by atoms with Crippen molar-refractivity contribution in [3.63, 3.8) is 0 Å². The van der Waals surface area contributed by atoms with E-state index in [1.54, 1.807) is 17.5 Å². The van der Waals surface area contributed by atoms with Gasteiger partial charge in [-0.2, -0.15) is 0 Å². The summed E-state index contributed by atoms with van der Waals surface area (Å²) in [6, 6.07) is 5.80. The number of carbonyl (C=O) groups is 1. The SMILES string of the molecule is O=C(O)C1CCN(Cc2nc(-c3ccccn3)cs2)CC1. The number of hydrogen-bond donors (Lipinski definition) is 1. The maximum Gasteiger partial charge on any atom is 0.306 e. The van der Waals surface area contributed by atoms with Crippen molar-refractivity contribution < 1.29 is 9.90 Å². The maximum absolute atomic E-state index is 10.9. The van der Waals surface area contributed by atoms with Crippen molar-refractivity contribution in [1.29, 1.82) is 0 Å². The highest BCUT2D eigenvalue weighted by molar-refractivity contribution is 7.09. The van der Waals surface area contributed by atoms with Gasteiger partial charge in [0.1, 0.15) is 5.01 Å². The number of thiazole rings is 1. The third kappa shape index (κ3) is 3.46. The van der Waals surface area contributed by atoms with Crippen LogP contribution >= 0.6 is 11.3 Å². The van der Waals surface area contributed by atoms with E-state index in [0.29, 0.717) is 0 Å². The van der Waals surface area contributed by atoms with Crippen LogP contribution in [0.3, 0.4) is 0 Å². The number of carboxylic acid groups (broad SMARTS) is 1. The molecule has 21 heavy (non-hydrogen) atoms. The van der Waals surface area contributed by atoms with Crippen LogP contribution in [0.15, 0.2) is 29.8 Å². The quantitative estimate of drug-likeness (QED) is 0.940. The Balaban J connectivity index is 1.60. The van der Waals surface area contributed by atoms with Gasteiger partial charge in [0.15, 0.2) is 0 Å². The highest BCUT2D eigenvalue weighted by Crippen LogP contribution is 2.23.